The molecule has 1 saturated heterocycles. The van der Waals surface area contributed by atoms with Crippen LogP contribution in [0.4, 0.5) is 5.69 Å². The van der Waals surface area contributed by atoms with Gasteiger partial charge in [0.2, 0.25) is 0 Å². The summed E-state index contributed by atoms with van der Waals surface area (Å²) in [6.07, 6.45) is 2.36. The van der Waals surface area contributed by atoms with Gasteiger partial charge < -0.3 is 15.6 Å². The van der Waals surface area contributed by atoms with Crippen molar-refractivity contribution in [3.05, 3.63) is 54.1 Å². The van der Waals surface area contributed by atoms with Crippen molar-refractivity contribution >= 4 is 39.2 Å². The van der Waals surface area contributed by atoms with Gasteiger partial charge in [-0.05, 0) is 67.1 Å². The van der Waals surface area contributed by atoms with Gasteiger partial charge in [-0.15, -0.1) is 0 Å². The van der Waals surface area contributed by atoms with Crippen LogP contribution in [0, 0.1) is 6.92 Å². The van der Waals surface area contributed by atoms with Gasteiger partial charge in [0.25, 0.3) is 0 Å². The van der Waals surface area contributed by atoms with Crippen molar-refractivity contribution in [1.29, 1.82) is 0 Å². The number of piperidine rings is 1. The van der Waals surface area contributed by atoms with Crippen molar-refractivity contribution < 1.29 is 0 Å². The molecule has 2 heterocycles. The van der Waals surface area contributed by atoms with Gasteiger partial charge >= 0.3 is 0 Å². The highest BCUT2D eigenvalue weighted by Crippen LogP contribution is 2.31. The minimum Gasteiger partial charge on any atom is -0.381 e. The Morgan fingerprint density at radius 2 is 1.72 bits per heavy atom. The smallest absolute Gasteiger partial charge is 0.0694 e. The van der Waals surface area contributed by atoms with Gasteiger partial charge in [0.15, 0.2) is 0 Å². The molecule has 3 aromatic rings. The molecule has 0 atom stereocenters. The number of fused-ring (bicyclic) bond motifs is 1. The molecule has 0 amide bonds. The molecule has 1 fully saturated rings. The van der Waals surface area contributed by atoms with Gasteiger partial charge in [-0.2, -0.15) is 0 Å². The van der Waals surface area contributed by atoms with Crippen LogP contribution in [0.5, 0.6) is 0 Å². The molecular weight excluding hydrogens is 421 g/mol. The zero-order valence-corrected chi connectivity index (χ0v) is 17.1. The summed E-state index contributed by atoms with van der Waals surface area (Å²) < 4.78 is 0. The third-order valence-electron chi connectivity index (χ3n) is 4.66. The summed E-state index contributed by atoms with van der Waals surface area (Å²) in [6.45, 7) is 4.38. The van der Waals surface area contributed by atoms with Gasteiger partial charge in [-0.25, -0.2) is 0 Å². The molecule has 0 saturated carbocycles. The van der Waals surface area contributed by atoms with Crippen molar-refractivity contribution in [2.45, 2.75) is 25.8 Å². The number of aromatic amines is 1. The van der Waals surface area contributed by atoms with Gasteiger partial charge in [-0.1, -0.05) is 52.9 Å². The molecule has 4 heteroatoms. The Morgan fingerprint density at radius 3 is 2.44 bits per heavy atom. The Labute approximate surface area is 163 Å². The number of H-pyrrole nitrogens is 1. The van der Waals surface area contributed by atoms with E-state index >= 15 is 0 Å². The Morgan fingerprint density at radius 1 is 1.00 bits per heavy atom. The maximum absolute atomic E-state index is 3.76. The molecular formula is C21H26IN3. The van der Waals surface area contributed by atoms with Crippen LogP contribution in [0.25, 0.3) is 22.2 Å². The first-order chi connectivity index (χ1) is 12.3. The predicted molar refractivity (Wildman–Crippen MR) is 118 cm³/mol. The largest absolute Gasteiger partial charge is 0.381 e. The number of alkyl halides is 1. The molecule has 0 radical (unpaired) electrons. The average molecular weight is 447 g/mol. The summed E-state index contributed by atoms with van der Waals surface area (Å²) in [5, 5.41) is 8.46. The zero-order chi connectivity index (χ0) is 17.6. The molecule has 0 spiro atoms. The Bertz CT molecular complexity index is 805. The number of halogens is 1. The van der Waals surface area contributed by atoms with Crippen LogP contribution in [0.3, 0.4) is 0 Å². The van der Waals surface area contributed by atoms with Crippen LogP contribution in [0.1, 0.15) is 18.4 Å². The second kappa shape index (κ2) is 8.72. The Kier molecular flexibility index (Phi) is 6.37. The van der Waals surface area contributed by atoms with E-state index in [1.54, 1.807) is 0 Å². The fourth-order valence-corrected chi connectivity index (χ4v) is 3.47. The number of benzene rings is 2. The number of nitrogens with one attached hydrogen (secondary N) is 3. The van der Waals surface area contributed by atoms with E-state index in [0.717, 1.165) is 13.1 Å². The van der Waals surface area contributed by atoms with E-state index in [-0.39, 0.29) is 0 Å². The van der Waals surface area contributed by atoms with Crippen LogP contribution in [0.2, 0.25) is 0 Å². The van der Waals surface area contributed by atoms with Crippen LogP contribution >= 0.6 is 22.6 Å². The topological polar surface area (TPSA) is 39.8 Å². The molecule has 3 N–H and O–H groups in total. The minimum atomic E-state index is 0.560. The van der Waals surface area contributed by atoms with Crippen molar-refractivity contribution in [3.63, 3.8) is 0 Å². The summed E-state index contributed by atoms with van der Waals surface area (Å²) in [7, 11) is 0. The number of anilines is 1. The maximum atomic E-state index is 3.76. The zero-order valence-electron chi connectivity index (χ0n) is 14.9. The summed E-state index contributed by atoms with van der Waals surface area (Å²) in [4.78, 5) is 5.59. The highest BCUT2D eigenvalue weighted by molar-refractivity contribution is 14.1. The number of aromatic nitrogens is 1. The third kappa shape index (κ3) is 4.36. The number of hydrogen-bond donors (Lipinski definition) is 3. The van der Waals surface area contributed by atoms with Crippen molar-refractivity contribution in [2.24, 2.45) is 0 Å². The lowest BCUT2D eigenvalue weighted by Crippen LogP contribution is -2.35. The van der Waals surface area contributed by atoms with Gasteiger partial charge in [0, 0.05) is 17.1 Å². The second-order valence-corrected chi connectivity index (χ2v) is 6.49. The van der Waals surface area contributed by atoms with Crippen molar-refractivity contribution in [3.8, 4) is 11.3 Å². The fraction of sp³-hybridized carbons (Fsp3) is 0.333. The molecule has 1 aliphatic heterocycles. The van der Waals surface area contributed by atoms with Gasteiger partial charge in [0.05, 0.1) is 11.2 Å². The summed E-state index contributed by atoms with van der Waals surface area (Å²) in [5.41, 5.74) is 6.16. The third-order valence-corrected chi connectivity index (χ3v) is 4.66. The minimum absolute atomic E-state index is 0.560. The normalized spacial score (nSPS) is 14.8. The molecule has 132 valence electrons. The second-order valence-electron chi connectivity index (χ2n) is 6.49. The highest BCUT2D eigenvalue weighted by atomic mass is 127. The molecule has 0 bridgehead atoms. The van der Waals surface area contributed by atoms with Gasteiger partial charge in [-0.3, -0.25) is 0 Å². The van der Waals surface area contributed by atoms with Gasteiger partial charge in [0.1, 0.15) is 0 Å². The molecule has 2 aromatic carbocycles. The monoisotopic (exact) mass is 447 g/mol. The molecule has 4 rings (SSSR count). The van der Waals surface area contributed by atoms with E-state index in [0.29, 0.717) is 6.04 Å². The SMILES string of the molecule is CI.Cc1cc(NC2CCNCC2)c2[nH]c(-c3ccccc3)cc2c1. The van der Waals surface area contributed by atoms with E-state index < -0.39 is 0 Å². The lowest BCUT2D eigenvalue weighted by atomic mass is 10.1. The number of rotatable bonds is 3. The number of hydrogen-bond acceptors (Lipinski definition) is 2. The van der Waals surface area contributed by atoms with Crippen LogP contribution in [-0.4, -0.2) is 29.0 Å². The van der Waals surface area contributed by atoms with Crippen LogP contribution in [-0.2, 0) is 0 Å². The lowest BCUT2D eigenvalue weighted by Gasteiger charge is -2.25. The van der Waals surface area contributed by atoms with Crippen LogP contribution < -0.4 is 10.6 Å². The maximum Gasteiger partial charge on any atom is 0.0694 e. The first kappa shape index (κ1) is 18.3. The standard InChI is InChI=1S/C20H23N3.CH3I/c1-14-11-16-13-18(15-5-3-2-4-6-15)23-20(16)19(12-14)22-17-7-9-21-10-8-17;1-2/h2-6,11-13,17,21-23H,7-10H2,1H3;1H3. The summed E-state index contributed by atoms with van der Waals surface area (Å²) >= 11 is 2.15. The summed E-state index contributed by atoms with van der Waals surface area (Å²) in [5.74, 6) is 0. The lowest BCUT2D eigenvalue weighted by molar-refractivity contribution is 0.479. The van der Waals surface area contributed by atoms with Crippen molar-refractivity contribution in [2.75, 3.05) is 23.3 Å². The highest BCUT2D eigenvalue weighted by Gasteiger charge is 2.15. The summed E-state index contributed by atoms with van der Waals surface area (Å²) in [6, 6.07) is 17.9. The quantitative estimate of drug-likeness (QED) is 0.374. The van der Waals surface area contributed by atoms with E-state index in [1.165, 1.54) is 46.3 Å². The van der Waals surface area contributed by atoms with E-state index in [4.69, 9.17) is 0 Å². The average Bonchev–Trinajstić information content (AvgIpc) is 3.09. The molecule has 0 aliphatic carbocycles. The Balaban J connectivity index is 0.000000880. The van der Waals surface area contributed by atoms with E-state index in [9.17, 15) is 0 Å². The van der Waals surface area contributed by atoms with Crippen LogP contribution in [0.15, 0.2) is 48.5 Å². The fourth-order valence-electron chi connectivity index (χ4n) is 3.47. The van der Waals surface area contributed by atoms with E-state index in [1.807, 2.05) is 4.93 Å². The molecule has 3 nitrogen and oxygen atoms in total. The molecule has 0 unspecified atom stereocenters. The Hall–Kier alpha value is -1.53. The van der Waals surface area contributed by atoms with E-state index in [2.05, 4.69) is 93.7 Å². The molecule has 1 aromatic heterocycles. The van der Waals surface area contributed by atoms with Crippen molar-refractivity contribution in [1.82, 2.24) is 10.3 Å². The first-order valence-electron chi connectivity index (χ1n) is 8.83. The first-order valence-corrected chi connectivity index (χ1v) is 11.0. The molecule has 25 heavy (non-hydrogen) atoms. The predicted octanol–water partition coefficient (Wildman–Crippen LogP) is 5.36. The molecule has 1 aliphatic rings. The number of aryl methyl sites for hydroxylation is 1.